The van der Waals surface area contributed by atoms with Crippen LogP contribution >= 0.6 is 0 Å². The van der Waals surface area contributed by atoms with Gasteiger partial charge in [-0.25, -0.2) is 0 Å². The first-order valence-electron chi connectivity index (χ1n) is 8.79. The molecule has 5 nitrogen and oxygen atoms in total. The number of nitrogens with zero attached hydrogens (tertiary/aromatic N) is 2. The van der Waals surface area contributed by atoms with Crippen LogP contribution in [0, 0.1) is 0 Å². The minimum Gasteiger partial charge on any atom is -0.358 e. The van der Waals surface area contributed by atoms with Gasteiger partial charge < -0.3 is 10.2 Å². The van der Waals surface area contributed by atoms with Crippen LogP contribution in [0.1, 0.15) is 37.8 Å². The third-order valence-corrected chi connectivity index (χ3v) is 5.48. The molecule has 1 fully saturated rings. The van der Waals surface area contributed by atoms with E-state index in [0.717, 1.165) is 32.4 Å². The van der Waals surface area contributed by atoms with Crippen LogP contribution in [-0.2, 0) is 22.6 Å². The Hall–Kier alpha value is -1.88. The zero-order valence-corrected chi connectivity index (χ0v) is 14.8. The number of fused-ring (bicyclic) bond motifs is 1. The largest absolute Gasteiger partial charge is 0.358 e. The smallest absolute Gasteiger partial charge is 0.240 e. The Morgan fingerprint density at radius 3 is 2.58 bits per heavy atom. The zero-order chi connectivity index (χ0) is 17.3. The van der Waals surface area contributed by atoms with Crippen molar-refractivity contribution in [2.24, 2.45) is 0 Å². The molecule has 0 radical (unpaired) electrons. The van der Waals surface area contributed by atoms with Crippen LogP contribution in [0.2, 0.25) is 0 Å². The normalized spacial score (nSPS) is 21.5. The molecule has 0 spiro atoms. The van der Waals surface area contributed by atoms with E-state index in [-0.39, 0.29) is 17.9 Å². The van der Waals surface area contributed by atoms with Crippen LogP contribution in [0.25, 0.3) is 0 Å². The number of likely N-dealkylation sites (N-methyl/N-ethyl adjacent to an activating group) is 1. The summed E-state index contributed by atoms with van der Waals surface area (Å²) >= 11 is 0. The van der Waals surface area contributed by atoms with Gasteiger partial charge in [-0.1, -0.05) is 24.3 Å². The fraction of sp³-hybridized carbons (Fsp3) is 0.579. The van der Waals surface area contributed by atoms with E-state index in [1.165, 1.54) is 11.1 Å². The summed E-state index contributed by atoms with van der Waals surface area (Å²) in [5, 5.41) is 2.73. The van der Waals surface area contributed by atoms with E-state index >= 15 is 0 Å². The summed E-state index contributed by atoms with van der Waals surface area (Å²) in [5.41, 5.74) is 1.92. The van der Waals surface area contributed by atoms with E-state index in [4.69, 9.17) is 0 Å². The second-order valence-electron chi connectivity index (χ2n) is 7.27. The molecule has 2 aliphatic heterocycles. The number of nitrogens with one attached hydrogen (secondary N) is 1. The molecule has 2 amide bonds. The van der Waals surface area contributed by atoms with Gasteiger partial charge in [0.1, 0.15) is 0 Å². The molecular weight excluding hydrogens is 302 g/mol. The fourth-order valence-electron chi connectivity index (χ4n) is 4.02. The molecule has 0 unspecified atom stereocenters. The van der Waals surface area contributed by atoms with Crippen LogP contribution in [0.5, 0.6) is 0 Å². The summed E-state index contributed by atoms with van der Waals surface area (Å²) < 4.78 is 0. The first kappa shape index (κ1) is 17.0. The van der Waals surface area contributed by atoms with Gasteiger partial charge in [-0.05, 0) is 44.2 Å². The Morgan fingerprint density at radius 2 is 1.88 bits per heavy atom. The molecule has 2 aliphatic rings. The molecule has 1 atom stereocenters. The van der Waals surface area contributed by atoms with Crippen molar-refractivity contribution in [1.82, 2.24) is 15.1 Å². The van der Waals surface area contributed by atoms with Gasteiger partial charge in [-0.3, -0.25) is 14.5 Å². The fourth-order valence-corrected chi connectivity index (χ4v) is 4.02. The van der Waals surface area contributed by atoms with Crippen LogP contribution in [0.15, 0.2) is 24.3 Å². The van der Waals surface area contributed by atoms with Crippen molar-refractivity contribution >= 4 is 11.8 Å². The third kappa shape index (κ3) is 2.93. The minimum atomic E-state index is -0.667. The number of hydrogen-bond donors (Lipinski definition) is 1. The SMILES string of the molecule is CNC(=O)C(C)(C)N1CCC[C@H]1C(=O)N1CCc2ccccc2C1. The molecular formula is C19H27N3O2. The van der Waals surface area contributed by atoms with Crippen molar-refractivity contribution in [3.63, 3.8) is 0 Å². The average Bonchev–Trinajstić information content (AvgIpc) is 3.10. The molecule has 24 heavy (non-hydrogen) atoms. The Bertz CT molecular complexity index is 641. The van der Waals surface area contributed by atoms with Gasteiger partial charge in [0, 0.05) is 26.7 Å². The highest BCUT2D eigenvalue weighted by Gasteiger charge is 2.44. The number of carbonyl (C=O) groups is 2. The highest BCUT2D eigenvalue weighted by atomic mass is 16.2. The van der Waals surface area contributed by atoms with Crippen LogP contribution in [0.4, 0.5) is 0 Å². The van der Waals surface area contributed by atoms with Crippen LogP contribution < -0.4 is 5.32 Å². The molecule has 0 saturated carbocycles. The lowest BCUT2D eigenvalue weighted by atomic mass is 9.97. The summed E-state index contributed by atoms with van der Waals surface area (Å²) in [6.07, 6.45) is 2.70. The predicted molar refractivity (Wildman–Crippen MR) is 93.4 cm³/mol. The van der Waals surface area contributed by atoms with Crippen LogP contribution in [0.3, 0.4) is 0 Å². The van der Waals surface area contributed by atoms with Gasteiger partial charge in [0.15, 0.2) is 0 Å². The van der Waals surface area contributed by atoms with Crippen LogP contribution in [-0.4, -0.2) is 53.3 Å². The van der Waals surface area contributed by atoms with Gasteiger partial charge in [-0.15, -0.1) is 0 Å². The summed E-state index contributed by atoms with van der Waals surface area (Å²) in [6, 6.07) is 8.15. The molecule has 1 N–H and O–H groups in total. The quantitative estimate of drug-likeness (QED) is 0.916. The first-order valence-corrected chi connectivity index (χ1v) is 8.79. The van der Waals surface area contributed by atoms with E-state index in [0.29, 0.717) is 6.54 Å². The van der Waals surface area contributed by atoms with Crippen molar-refractivity contribution in [3.05, 3.63) is 35.4 Å². The standard InChI is InChI=1S/C19H27N3O2/c1-19(2,18(24)20-3)22-11-6-9-16(22)17(23)21-12-10-14-7-4-5-8-15(14)13-21/h4-5,7-8,16H,6,9-13H2,1-3H3,(H,20,24)/t16-/m0/s1. The van der Waals surface area contributed by atoms with E-state index < -0.39 is 5.54 Å². The third-order valence-electron chi connectivity index (χ3n) is 5.48. The van der Waals surface area contributed by atoms with Gasteiger partial charge >= 0.3 is 0 Å². The van der Waals surface area contributed by atoms with E-state index in [9.17, 15) is 9.59 Å². The highest BCUT2D eigenvalue weighted by molar-refractivity contribution is 5.88. The molecule has 3 rings (SSSR count). The number of carbonyl (C=O) groups excluding carboxylic acids is 2. The highest BCUT2D eigenvalue weighted by Crippen LogP contribution is 2.29. The lowest BCUT2D eigenvalue weighted by Gasteiger charge is -2.40. The molecule has 1 saturated heterocycles. The summed E-state index contributed by atoms with van der Waals surface area (Å²) in [7, 11) is 1.65. The second-order valence-corrected chi connectivity index (χ2v) is 7.27. The number of hydrogen-bond acceptors (Lipinski definition) is 3. The average molecular weight is 329 g/mol. The Balaban J connectivity index is 1.76. The van der Waals surface area contributed by atoms with Crippen molar-refractivity contribution in [1.29, 1.82) is 0 Å². The first-order chi connectivity index (χ1) is 11.4. The monoisotopic (exact) mass is 329 g/mol. The summed E-state index contributed by atoms with van der Waals surface area (Å²) in [4.78, 5) is 29.4. The molecule has 130 valence electrons. The lowest BCUT2D eigenvalue weighted by molar-refractivity contribution is -0.142. The number of amides is 2. The maximum absolute atomic E-state index is 13.1. The molecule has 5 heteroatoms. The zero-order valence-electron chi connectivity index (χ0n) is 14.8. The van der Waals surface area contributed by atoms with E-state index in [1.54, 1.807) is 7.05 Å². The molecule has 1 aromatic rings. The van der Waals surface area contributed by atoms with Gasteiger partial charge in [0.2, 0.25) is 11.8 Å². The number of rotatable bonds is 3. The van der Waals surface area contributed by atoms with E-state index in [1.807, 2.05) is 24.8 Å². The molecule has 0 aliphatic carbocycles. The molecule has 0 bridgehead atoms. The second kappa shape index (κ2) is 6.55. The lowest BCUT2D eigenvalue weighted by Crippen LogP contribution is -2.59. The van der Waals surface area contributed by atoms with Crippen molar-refractivity contribution in [2.75, 3.05) is 20.1 Å². The van der Waals surface area contributed by atoms with Gasteiger partial charge in [0.25, 0.3) is 0 Å². The predicted octanol–water partition coefficient (Wildman–Crippen LogP) is 1.56. The van der Waals surface area contributed by atoms with Gasteiger partial charge in [0.05, 0.1) is 11.6 Å². The Morgan fingerprint density at radius 1 is 1.17 bits per heavy atom. The van der Waals surface area contributed by atoms with Crippen molar-refractivity contribution in [3.8, 4) is 0 Å². The molecule has 1 aromatic carbocycles. The molecule has 2 heterocycles. The summed E-state index contributed by atoms with van der Waals surface area (Å²) in [6.45, 7) is 6.05. The molecule has 0 aromatic heterocycles. The van der Waals surface area contributed by atoms with Gasteiger partial charge in [-0.2, -0.15) is 0 Å². The minimum absolute atomic E-state index is 0.0359. The van der Waals surface area contributed by atoms with Crippen molar-refractivity contribution < 1.29 is 9.59 Å². The van der Waals surface area contributed by atoms with Crippen molar-refractivity contribution in [2.45, 2.75) is 51.2 Å². The van der Waals surface area contributed by atoms with E-state index in [2.05, 4.69) is 28.4 Å². The number of likely N-dealkylation sites (tertiary alicyclic amines) is 1. The Labute approximate surface area is 144 Å². The number of benzene rings is 1. The Kier molecular flexibility index (Phi) is 4.63. The maximum atomic E-state index is 13.1. The maximum Gasteiger partial charge on any atom is 0.240 e. The summed E-state index contributed by atoms with van der Waals surface area (Å²) in [5.74, 6) is 0.130. The topological polar surface area (TPSA) is 52.7 Å².